The van der Waals surface area contributed by atoms with Crippen LogP contribution in [0.1, 0.15) is 123 Å². The number of hydrogen-bond donors (Lipinski definition) is 1. The van der Waals surface area contributed by atoms with Gasteiger partial charge in [-0.05, 0) is 50.4 Å². The maximum Gasteiger partial charge on any atom is 0.0431 e. The first-order valence-electron chi connectivity index (χ1n) is 11.6. The van der Waals surface area contributed by atoms with Gasteiger partial charge in [-0.1, -0.05) is 96.1 Å². The van der Waals surface area contributed by atoms with Crippen LogP contribution in [0, 0.1) is 11.8 Å². The molecule has 0 saturated heterocycles. The molecule has 1 N–H and O–H groups in total. The molecule has 0 aliphatic heterocycles. The van der Waals surface area contributed by atoms with Gasteiger partial charge in [-0.2, -0.15) is 0 Å². The van der Waals surface area contributed by atoms with Crippen molar-refractivity contribution in [3.05, 3.63) is 11.6 Å². The Hall–Kier alpha value is -0.300. The Balaban J connectivity index is 0.000000381. The zero-order chi connectivity index (χ0) is 18.2. The summed E-state index contributed by atoms with van der Waals surface area (Å²) in [7, 11) is 0. The topological polar surface area (TPSA) is 20.2 Å². The Kier molecular flexibility index (Phi) is 14.5. The lowest BCUT2D eigenvalue weighted by Crippen LogP contribution is -2.18. The van der Waals surface area contributed by atoms with Gasteiger partial charge in [0.1, 0.15) is 0 Å². The highest BCUT2D eigenvalue weighted by Crippen LogP contribution is 2.39. The molecular weight excluding hydrogens is 304 g/mol. The Morgan fingerprint density at radius 1 is 0.720 bits per heavy atom. The molecule has 1 nitrogen and oxygen atoms in total. The molecule has 0 aromatic heterocycles. The van der Waals surface area contributed by atoms with Crippen LogP contribution < -0.4 is 0 Å². The Labute approximate surface area is 158 Å². The second-order valence-electron chi connectivity index (χ2n) is 8.30. The third-order valence-electron chi connectivity index (χ3n) is 6.10. The molecule has 0 unspecified atom stereocenters. The van der Waals surface area contributed by atoms with Crippen LogP contribution in [0.4, 0.5) is 0 Å². The van der Waals surface area contributed by atoms with Gasteiger partial charge in [-0.25, -0.2) is 0 Å². The summed E-state index contributed by atoms with van der Waals surface area (Å²) in [6.07, 6.45) is 26.4. The van der Waals surface area contributed by atoms with Crippen molar-refractivity contribution in [2.75, 3.05) is 6.61 Å². The average Bonchev–Trinajstić information content (AvgIpc) is 2.68. The van der Waals surface area contributed by atoms with Crippen molar-refractivity contribution in [1.29, 1.82) is 0 Å². The van der Waals surface area contributed by atoms with Crippen LogP contribution in [0.5, 0.6) is 0 Å². The Morgan fingerprint density at radius 2 is 1.24 bits per heavy atom. The Bertz CT molecular complexity index is 284. The van der Waals surface area contributed by atoms with Gasteiger partial charge in [0.2, 0.25) is 0 Å². The number of aliphatic hydroxyl groups excluding tert-OH is 1. The molecule has 0 bridgehead atoms. The summed E-state index contributed by atoms with van der Waals surface area (Å²) in [6.45, 7) is 4.84. The lowest BCUT2D eigenvalue weighted by atomic mass is 9.73. The maximum atomic E-state index is 8.29. The molecule has 0 spiro atoms. The fraction of sp³-hybridized carbons (Fsp3) is 0.917. The highest BCUT2D eigenvalue weighted by molar-refractivity contribution is 5.12. The summed E-state index contributed by atoms with van der Waals surface area (Å²) >= 11 is 0. The van der Waals surface area contributed by atoms with Crippen molar-refractivity contribution in [3.63, 3.8) is 0 Å². The SMILES string of the molecule is CCCCC=C(C1CCCCC1)C1CCCCC1.CCCCCCO. The van der Waals surface area contributed by atoms with Crippen molar-refractivity contribution in [2.45, 2.75) is 123 Å². The molecule has 0 amide bonds. The molecule has 2 aliphatic carbocycles. The summed E-state index contributed by atoms with van der Waals surface area (Å²) in [6, 6.07) is 0. The minimum absolute atomic E-state index is 0.361. The van der Waals surface area contributed by atoms with E-state index < -0.39 is 0 Å². The molecule has 0 aromatic rings. The standard InChI is InChI=1S/C18H32.C6H14O/c1-2-3-6-15-18(16-11-7-4-8-12-16)17-13-9-5-10-14-17;1-2-3-4-5-6-7/h15-17H,2-14H2,1H3;7H,2-6H2,1H3. The molecule has 0 heterocycles. The van der Waals surface area contributed by atoms with Crippen LogP contribution in [0.3, 0.4) is 0 Å². The quantitative estimate of drug-likeness (QED) is 0.332. The lowest BCUT2D eigenvalue weighted by molar-refractivity contribution is 0.283. The van der Waals surface area contributed by atoms with Gasteiger partial charge in [0, 0.05) is 6.61 Å². The van der Waals surface area contributed by atoms with Crippen molar-refractivity contribution in [2.24, 2.45) is 11.8 Å². The number of rotatable bonds is 9. The van der Waals surface area contributed by atoms with Gasteiger partial charge in [0.05, 0.1) is 0 Å². The van der Waals surface area contributed by atoms with E-state index in [9.17, 15) is 0 Å². The zero-order valence-corrected chi connectivity index (χ0v) is 17.4. The normalized spacial score (nSPS) is 19.2. The van der Waals surface area contributed by atoms with E-state index in [1.54, 1.807) is 0 Å². The van der Waals surface area contributed by atoms with E-state index in [0.717, 1.165) is 18.3 Å². The highest BCUT2D eigenvalue weighted by atomic mass is 16.2. The van der Waals surface area contributed by atoms with Gasteiger partial charge < -0.3 is 5.11 Å². The van der Waals surface area contributed by atoms with E-state index in [4.69, 9.17) is 5.11 Å². The van der Waals surface area contributed by atoms with Gasteiger partial charge in [-0.15, -0.1) is 0 Å². The number of allylic oxidation sites excluding steroid dienone is 2. The summed E-state index contributed by atoms with van der Waals surface area (Å²) in [5.41, 5.74) is 1.91. The van der Waals surface area contributed by atoms with Crippen LogP contribution in [0.15, 0.2) is 11.6 Å². The predicted octanol–water partition coefficient (Wildman–Crippen LogP) is 7.82. The molecular formula is C24H46O. The summed E-state index contributed by atoms with van der Waals surface area (Å²) < 4.78 is 0. The highest BCUT2D eigenvalue weighted by Gasteiger charge is 2.25. The van der Waals surface area contributed by atoms with Crippen molar-refractivity contribution in [3.8, 4) is 0 Å². The third kappa shape index (κ3) is 10.4. The Morgan fingerprint density at radius 3 is 1.68 bits per heavy atom. The first kappa shape index (κ1) is 22.7. The molecule has 1 heteroatoms. The summed E-state index contributed by atoms with van der Waals surface area (Å²) in [5.74, 6) is 1.94. The van der Waals surface area contributed by atoms with Crippen molar-refractivity contribution < 1.29 is 5.11 Å². The van der Waals surface area contributed by atoms with Crippen LogP contribution in [0.25, 0.3) is 0 Å². The van der Waals surface area contributed by atoms with Crippen LogP contribution >= 0.6 is 0 Å². The molecule has 2 aliphatic rings. The average molecular weight is 351 g/mol. The van der Waals surface area contributed by atoms with E-state index in [1.807, 2.05) is 5.57 Å². The van der Waals surface area contributed by atoms with E-state index in [0.29, 0.717) is 6.61 Å². The van der Waals surface area contributed by atoms with Crippen LogP contribution in [0.2, 0.25) is 0 Å². The summed E-state index contributed by atoms with van der Waals surface area (Å²) in [4.78, 5) is 0. The number of hydrogen-bond acceptors (Lipinski definition) is 1. The minimum atomic E-state index is 0.361. The van der Waals surface area contributed by atoms with Crippen molar-refractivity contribution >= 4 is 0 Å². The summed E-state index contributed by atoms with van der Waals surface area (Å²) in [5, 5.41) is 8.29. The molecule has 0 radical (unpaired) electrons. The van der Waals surface area contributed by atoms with Gasteiger partial charge in [0.25, 0.3) is 0 Å². The fourth-order valence-electron chi connectivity index (χ4n) is 4.55. The molecule has 148 valence electrons. The molecule has 2 fully saturated rings. The third-order valence-corrected chi connectivity index (χ3v) is 6.10. The molecule has 0 atom stereocenters. The predicted molar refractivity (Wildman–Crippen MR) is 112 cm³/mol. The van der Waals surface area contributed by atoms with Gasteiger partial charge in [0.15, 0.2) is 0 Å². The monoisotopic (exact) mass is 350 g/mol. The van der Waals surface area contributed by atoms with E-state index in [2.05, 4.69) is 19.9 Å². The number of aliphatic hydroxyl groups is 1. The molecule has 0 aromatic carbocycles. The van der Waals surface area contributed by atoms with E-state index in [-0.39, 0.29) is 0 Å². The molecule has 25 heavy (non-hydrogen) atoms. The number of unbranched alkanes of at least 4 members (excludes halogenated alkanes) is 5. The molecule has 2 rings (SSSR count). The minimum Gasteiger partial charge on any atom is -0.396 e. The lowest BCUT2D eigenvalue weighted by Gasteiger charge is -2.32. The van der Waals surface area contributed by atoms with Gasteiger partial charge >= 0.3 is 0 Å². The van der Waals surface area contributed by atoms with Crippen LogP contribution in [-0.4, -0.2) is 11.7 Å². The second-order valence-corrected chi connectivity index (χ2v) is 8.30. The van der Waals surface area contributed by atoms with Crippen molar-refractivity contribution in [1.82, 2.24) is 0 Å². The first-order valence-corrected chi connectivity index (χ1v) is 11.6. The second kappa shape index (κ2) is 15.9. The first-order chi connectivity index (χ1) is 12.3. The van der Waals surface area contributed by atoms with Gasteiger partial charge in [-0.3, -0.25) is 0 Å². The molecule has 2 saturated carbocycles. The largest absolute Gasteiger partial charge is 0.396 e. The smallest absolute Gasteiger partial charge is 0.0431 e. The van der Waals surface area contributed by atoms with E-state index >= 15 is 0 Å². The van der Waals surface area contributed by atoms with Crippen LogP contribution in [-0.2, 0) is 0 Å². The fourth-order valence-corrected chi connectivity index (χ4v) is 4.55. The maximum absolute atomic E-state index is 8.29. The van der Waals surface area contributed by atoms with E-state index in [1.165, 1.54) is 103 Å². The zero-order valence-electron chi connectivity index (χ0n) is 17.4.